The average Bonchev–Trinajstić information content (AvgIpc) is 2.98. The Hall–Kier alpha value is -1.69. The number of carboxylic acid groups (broad SMARTS) is 1. The van der Waals surface area contributed by atoms with E-state index in [-0.39, 0.29) is 0 Å². The van der Waals surface area contributed by atoms with Gasteiger partial charge in [0.05, 0.1) is 0 Å². The van der Waals surface area contributed by atoms with E-state index in [1.165, 1.54) is 0 Å². The fourth-order valence-electron chi connectivity index (χ4n) is 2.62. The molecule has 5 nitrogen and oxygen atoms in total. The van der Waals surface area contributed by atoms with Gasteiger partial charge in [-0.1, -0.05) is 12.8 Å². The molecule has 0 bridgehead atoms. The van der Waals surface area contributed by atoms with Crippen LogP contribution in [0.4, 0.5) is 0 Å². The number of carbonyl (C=O) groups excluding carboxylic acids is 1. The van der Waals surface area contributed by atoms with Crippen LogP contribution in [0.25, 0.3) is 0 Å². The van der Waals surface area contributed by atoms with E-state index in [0.29, 0.717) is 18.6 Å². The topological polar surface area (TPSA) is 75.6 Å². The van der Waals surface area contributed by atoms with E-state index >= 15 is 0 Å². The van der Waals surface area contributed by atoms with Gasteiger partial charge in [0.15, 0.2) is 6.10 Å². The van der Waals surface area contributed by atoms with Gasteiger partial charge in [0.2, 0.25) is 0 Å². The Balaban J connectivity index is 1.97. The Kier molecular flexibility index (Phi) is 5.34. The first-order chi connectivity index (χ1) is 10.5. The van der Waals surface area contributed by atoms with Crippen molar-refractivity contribution >= 4 is 23.6 Å². The maximum absolute atomic E-state index is 12.2. The summed E-state index contributed by atoms with van der Waals surface area (Å²) in [5, 5.41) is 12.1. The van der Waals surface area contributed by atoms with Gasteiger partial charge in [0, 0.05) is 4.90 Å². The quantitative estimate of drug-likeness (QED) is 0.787. The lowest BCUT2D eigenvalue weighted by atomic mass is 9.97. The molecule has 1 aromatic rings. The molecule has 1 atom stereocenters. The first-order valence-corrected chi connectivity index (χ1v) is 8.55. The number of amides is 1. The third kappa shape index (κ3) is 3.74. The minimum Gasteiger partial charge on any atom is -0.481 e. The molecule has 0 aliphatic heterocycles. The van der Waals surface area contributed by atoms with Crippen molar-refractivity contribution in [2.45, 2.75) is 49.1 Å². The zero-order valence-corrected chi connectivity index (χ0v) is 13.6. The summed E-state index contributed by atoms with van der Waals surface area (Å²) in [4.78, 5) is 24.8. The molecule has 1 aliphatic carbocycles. The summed E-state index contributed by atoms with van der Waals surface area (Å²) in [6.45, 7) is 1.63. The Morgan fingerprint density at radius 3 is 2.36 bits per heavy atom. The summed E-state index contributed by atoms with van der Waals surface area (Å²) in [7, 11) is 0. The van der Waals surface area contributed by atoms with Crippen LogP contribution in [0.1, 0.15) is 32.6 Å². The molecule has 6 heteroatoms. The predicted molar refractivity (Wildman–Crippen MR) is 85.3 cm³/mol. The second kappa shape index (κ2) is 7.05. The minimum absolute atomic E-state index is 0.391. The fraction of sp³-hybridized carbons (Fsp3) is 0.500. The highest BCUT2D eigenvalue weighted by Gasteiger charge is 2.43. The van der Waals surface area contributed by atoms with E-state index in [4.69, 9.17) is 4.74 Å². The summed E-state index contributed by atoms with van der Waals surface area (Å²) in [5.41, 5.74) is -1.13. The molecule has 2 N–H and O–H groups in total. The van der Waals surface area contributed by atoms with Crippen LogP contribution in [0.3, 0.4) is 0 Å². The van der Waals surface area contributed by atoms with Crippen LogP contribution >= 0.6 is 11.8 Å². The third-order valence-electron chi connectivity index (χ3n) is 3.97. The largest absolute Gasteiger partial charge is 0.481 e. The van der Waals surface area contributed by atoms with Gasteiger partial charge in [-0.15, -0.1) is 11.8 Å². The smallest absolute Gasteiger partial charge is 0.329 e. The number of benzene rings is 1. The molecule has 0 spiro atoms. The molecular weight excluding hydrogens is 302 g/mol. The van der Waals surface area contributed by atoms with E-state index < -0.39 is 23.5 Å². The Bertz CT molecular complexity index is 538. The van der Waals surface area contributed by atoms with Gasteiger partial charge in [-0.25, -0.2) is 4.79 Å². The molecule has 1 aliphatic rings. The molecule has 1 unspecified atom stereocenters. The maximum Gasteiger partial charge on any atom is 0.329 e. The third-order valence-corrected chi connectivity index (χ3v) is 4.71. The van der Waals surface area contributed by atoms with Crippen LogP contribution in [0.15, 0.2) is 29.2 Å². The number of thioether (sulfide) groups is 1. The van der Waals surface area contributed by atoms with Crippen molar-refractivity contribution in [1.82, 2.24) is 5.32 Å². The van der Waals surface area contributed by atoms with Crippen LogP contribution in [0.2, 0.25) is 0 Å². The fourth-order valence-corrected chi connectivity index (χ4v) is 3.03. The van der Waals surface area contributed by atoms with Crippen molar-refractivity contribution in [2.75, 3.05) is 6.26 Å². The molecule has 0 heterocycles. The highest BCUT2D eigenvalue weighted by atomic mass is 32.2. The number of nitrogens with one attached hydrogen (secondary N) is 1. The monoisotopic (exact) mass is 323 g/mol. The van der Waals surface area contributed by atoms with Gasteiger partial charge in [0.25, 0.3) is 5.91 Å². The lowest BCUT2D eigenvalue weighted by Crippen LogP contribution is -2.55. The molecule has 2 rings (SSSR count). The minimum atomic E-state index is -1.13. The van der Waals surface area contributed by atoms with Crippen LogP contribution in [0.5, 0.6) is 5.75 Å². The first-order valence-electron chi connectivity index (χ1n) is 7.33. The number of aliphatic carboxylic acids is 1. The van der Waals surface area contributed by atoms with Gasteiger partial charge in [-0.2, -0.15) is 0 Å². The second-order valence-electron chi connectivity index (χ2n) is 5.52. The van der Waals surface area contributed by atoms with Gasteiger partial charge >= 0.3 is 5.97 Å². The van der Waals surface area contributed by atoms with Crippen molar-refractivity contribution < 1.29 is 19.4 Å². The number of hydrogen-bond donors (Lipinski definition) is 2. The van der Waals surface area contributed by atoms with E-state index in [2.05, 4.69) is 5.32 Å². The summed E-state index contributed by atoms with van der Waals surface area (Å²) in [6.07, 6.45) is 3.83. The highest BCUT2D eigenvalue weighted by Crippen LogP contribution is 2.30. The van der Waals surface area contributed by atoms with E-state index in [1.807, 2.05) is 18.4 Å². The van der Waals surface area contributed by atoms with Crippen LogP contribution in [-0.4, -0.2) is 34.9 Å². The van der Waals surface area contributed by atoms with Crippen LogP contribution < -0.4 is 10.1 Å². The average molecular weight is 323 g/mol. The Morgan fingerprint density at radius 2 is 1.86 bits per heavy atom. The van der Waals surface area contributed by atoms with Gasteiger partial charge in [0.1, 0.15) is 11.3 Å². The zero-order valence-electron chi connectivity index (χ0n) is 12.8. The molecule has 1 amide bonds. The van der Waals surface area contributed by atoms with E-state index in [0.717, 1.165) is 17.7 Å². The van der Waals surface area contributed by atoms with Gasteiger partial charge in [-0.05, 0) is 50.3 Å². The molecule has 0 radical (unpaired) electrons. The normalized spacial score (nSPS) is 17.7. The summed E-state index contributed by atoms with van der Waals surface area (Å²) in [5.74, 6) is -0.760. The standard InChI is InChI=1S/C16H21NO4S/c1-11(21-12-5-7-13(22-2)8-6-12)14(18)17-16(15(19)20)9-3-4-10-16/h5-8,11H,3-4,9-10H2,1-2H3,(H,17,18)(H,19,20). The number of hydrogen-bond acceptors (Lipinski definition) is 4. The lowest BCUT2D eigenvalue weighted by Gasteiger charge is -2.27. The molecule has 1 fully saturated rings. The van der Waals surface area contributed by atoms with E-state index in [1.54, 1.807) is 30.8 Å². The predicted octanol–water partition coefficient (Wildman–Crippen LogP) is 2.69. The second-order valence-corrected chi connectivity index (χ2v) is 6.40. The van der Waals surface area contributed by atoms with Crippen molar-refractivity contribution in [2.24, 2.45) is 0 Å². The van der Waals surface area contributed by atoms with Crippen molar-refractivity contribution in [3.05, 3.63) is 24.3 Å². The first kappa shape index (κ1) is 16.7. The number of ether oxygens (including phenoxy) is 1. The van der Waals surface area contributed by atoms with Crippen molar-refractivity contribution in [1.29, 1.82) is 0 Å². The summed E-state index contributed by atoms with van der Waals surface area (Å²) >= 11 is 1.63. The van der Waals surface area contributed by atoms with Gasteiger partial charge < -0.3 is 15.2 Å². The Morgan fingerprint density at radius 1 is 1.27 bits per heavy atom. The molecule has 0 saturated heterocycles. The Labute approximate surface area is 134 Å². The molecular formula is C16H21NO4S. The SMILES string of the molecule is CSc1ccc(OC(C)C(=O)NC2(C(=O)O)CCCC2)cc1. The molecule has 0 aromatic heterocycles. The molecule has 22 heavy (non-hydrogen) atoms. The van der Waals surface area contributed by atoms with Crippen molar-refractivity contribution in [3.8, 4) is 5.75 Å². The lowest BCUT2D eigenvalue weighted by molar-refractivity contribution is -0.148. The number of carbonyl (C=O) groups is 2. The maximum atomic E-state index is 12.2. The number of rotatable bonds is 6. The molecule has 1 saturated carbocycles. The highest BCUT2D eigenvalue weighted by molar-refractivity contribution is 7.98. The summed E-state index contributed by atoms with van der Waals surface area (Å²) < 4.78 is 5.60. The molecule has 1 aromatic carbocycles. The molecule has 120 valence electrons. The van der Waals surface area contributed by atoms with Crippen molar-refractivity contribution in [3.63, 3.8) is 0 Å². The summed E-state index contributed by atoms with van der Waals surface area (Å²) in [6, 6.07) is 7.44. The zero-order chi connectivity index (χ0) is 16.2. The van der Waals surface area contributed by atoms with Crippen LogP contribution in [0, 0.1) is 0 Å². The van der Waals surface area contributed by atoms with Gasteiger partial charge in [-0.3, -0.25) is 4.79 Å². The van der Waals surface area contributed by atoms with E-state index in [9.17, 15) is 14.7 Å². The number of carboxylic acids is 1. The van der Waals surface area contributed by atoms with Crippen LogP contribution in [-0.2, 0) is 9.59 Å².